The van der Waals surface area contributed by atoms with Gasteiger partial charge in [-0.25, -0.2) is 0 Å². The van der Waals surface area contributed by atoms with E-state index in [1.165, 1.54) is 0 Å². The van der Waals surface area contributed by atoms with Gasteiger partial charge in [0.05, 0.1) is 6.04 Å². The van der Waals surface area contributed by atoms with Crippen LogP contribution in [0.1, 0.15) is 19.8 Å². The first-order chi connectivity index (χ1) is 5.55. The zero-order chi connectivity index (χ0) is 9.19. The molecular formula is C8H15BrN2O2. The molecule has 0 bridgehead atoms. The van der Waals surface area contributed by atoms with Gasteiger partial charge >= 0.3 is 0 Å². The van der Waals surface area contributed by atoms with Crippen molar-refractivity contribution in [2.75, 3.05) is 6.54 Å². The van der Waals surface area contributed by atoms with Crippen molar-refractivity contribution >= 4 is 29.1 Å². The number of ketones is 1. The van der Waals surface area contributed by atoms with E-state index in [1.807, 2.05) is 6.92 Å². The van der Waals surface area contributed by atoms with Crippen LogP contribution in [-0.2, 0) is 9.59 Å². The fraction of sp³-hybridized carbons (Fsp3) is 0.750. The fourth-order valence-corrected chi connectivity index (χ4v) is 1.35. The molecule has 0 aromatic rings. The highest BCUT2D eigenvalue weighted by Gasteiger charge is 2.29. The standard InChI is InChI=1S/C8H14N2O2.BrH/c1-8(9)3-2-6(10-5-8)7(12)4-11;/h4,6,10H,2-3,5,9H2,1H3;1H/t6?,8-;/m0./s1. The molecule has 4 nitrogen and oxygen atoms in total. The summed E-state index contributed by atoms with van der Waals surface area (Å²) in [5, 5.41) is 2.95. The molecule has 0 amide bonds. The molecule has 1 aliphatic rings. The highest BCUT2D eigenvalue weighted by atomic mass is 79.9. The Balaban J connectivity index is 0.00000144. The number of halogens is 1. The molecule has 1 aliphatic heterocycles. The number of rotatable bonds is 2. The van der Waals surface area contributed by atoms with E-state index in [4.69, 9.17) is 5.73 Å². The molecule has 0 spiro atoms. The third-order valence-electron chi connectivity index (χ3n) is 2.22. The summed E-state index contributed by atoms with van der Waals surface area (Å²) in [7, 11) is 0. The molecule has 1 rings (SSSR count). The van der Waals surface area contributed by atoms with E-state index in [-0.39, 0.29) is 34.3 Å². The number of hydrogen-bond donors (Lipinski definition) is 2. The quantitative estimate of drug-likeness (QED) is 0.526. The number of nitrogens with one attached hydrogen (secondary N) is 1. The number of carbonyl (C=O) groups is 2. The summed E-state index contributed by atoms with van der Waals surface area (Å²) in [6, 6.07) is -0.306. The number of nitrogens with two attached hydrogens (primary N) is 1. The van der Waals surface area contributed by atoms with Crippen LogP contribution >= 0.6 is 17.0 Å². The Labute approximate surface area is 88.0 Å². The topological polar surface area (TPSA) is 72.2 Å². The Morgan fingerprint density at radius 1 is 1.69 bits per heavy atom. The number of carbonyl (C=O) groups excluding carboxylic acids is 2. The minimum atomic E-state index is -0.370. The second kappa shape index (κ2) is 4.83. The van der Waals surface area contributed by atoms with E-state index in [9.17, 15) is 9.59 Å². The van der Waals surface area contributed by atoms with Gasteiger partial charge < -0.3 is 11.1 Å². The minimum Gasteiger partial charge on any atom is -0.324 e. The molecule has 3 N–H and O–H groups in total. The summed E-state index contributed by atoms with van der Waals surface area (Å²) in [6.07, 6.45) is 1.81. The average molecular weight is 251 g/mol. The lowest BCUT2D eigenvalue weighted by molar-refractivity contribution is -0.131. The van der Waals surface area contributed by atoms with Crippen LogP contribution in [0, 0.1) is 0 Å². The van der Waals surface area contributed by atoms with Crippen LogP contribution in [-0.4, -0.2) is 30.2 Å². The van der Waals surface area contributed by atoms with Gasteiger partial charge in [-0.1, -0.05) is 0 Å². The third kappa shape index (κ3) is 3.54. The van der Waals surface area contributed by atoms with Crippen LogP contribution in [0.4, 0.5) is 0 Å². The van der Waals surface area contributed by atoms with E-state index < -0.39 is 0 Å². The molecule has 5 heteroatoms. The summed E-state index contributed by atoms with van der Waals surface area (Å²) in [4.78, 5) is 21.1. The molecule has 0 aliphatic carbocycles. The summed E-state index contributed by atoms with van der Waals surface area (Å²) >= 11 is 0. The second-order valence-corrected chi connectivity index (χ2v) is 3.65. The molecule has 0 aromatic heterocycles. The number of Topliss-reactive ketones (excluding diaryl/α,β-unsaturated/α-hetero) is 1. The molecule has 0 radical (unpaired) electrons. The van der Waals surface area contributed by atoms with Gasteiger partial charge in [0.2, 0.25) is 5.78 Å². The van der Waals surface area contributed by atoms with Crippen molar-refractivity contribution in [1.82, 2.24) is 5.32 Å². The molecule has 1 fully saturated rings. The maximum atomic E-state index is 10.9. The number of piperidine rings is 1. The van der Waals surface area contributed by atoms with Crippen molar-refractivity contribution in [3.8, 4) is 0 Å². The summed E-state index contributed by atoms with van der Waals surface area (Å²) in [5.74, 6) is -0.370. The maximum Gasteiger partial charge on any atom is 0.212 e. The van der Waals surface area contributed by atoms with Crippen LogP contribution in [0.2, 0.25) is 0 Å². The average Bonchev–Trinajstić information content (AvgIpc) is 2.03. The van der Waals surface area contributed by atoms with Gasteiger partial charge in [0.15, 0.2) is 6.29 Å². The number of aldehydes is 1. The maximum absolute atomic E-state index is 10.9. The van der Waals surface area contributed by atoms with Crippen molar-refractivity contribution in [1.29, 1.82) is 0 Å². The molecule has 76 valence electrons. The van der Waals surface area contributed by atoms with Crippen LogP contribution in [0.25, 0.3) is 0 Å². The van der Waals surface area contributed by atoms with E-state index in [2.05, 4.69) is 5.32 Å². The predicted octanol–water partition coefficient (Wildman–Crippen LogP) is -0.198. The van der Waals surface area contributed by atoms with Crippen molar-refractivity contribution in [2.45, 2.75) is 31.3 Å². The van der Waals surface area contributed by atoms with Gasteiger partial charge in [-0.05, 0) is 19.8 Å². The van der Waals surface area contributed by atoms with Gasteiger partial charge in [0, 0.05) is 12.1 Å². The first kappa shape index (κ1) is 12.7. The van der Waals surface area contributed by atoms with Gasteiger partial charge in [0.25, 0.3) is 0 Å². The lowest BCUT2D eigenvalue weighted by Crippen LogP contribution is -2.56. The molecule has 1 saturated heterocycles. The molecule has 1 heterocycles. The Hall–Kier alpha value is -0.260. The summed E-state index contributed by atoms with van der Waals surface area (Å²) in [6.45, 7) is 2.53. The van der Waals surface area contributed by atoms with Crippen molar-refractivity contribution in [3.63, 3.8) is 0 Å². The lowest BCUT2D eigenvalue weighted by Gasteiger charge is -2.33. The van der Waals surface area contributed by atoms with E-state index in [0.29, 0.717) is 19.3 Å². The Morgan fingerprint density at radius 2 is 2.31 bits per heavy atom. The molecule has 2 atom stereocenters. The largest absolute Gasteiger partial charge is 0.324 e. The minimum absolute atomic E-state index is 0. The zero-order valence-corrected chi connectivity index (χ0v) is 9.29. The van der Waals surface area contributed by atoms with Gasteiger partial charge in [-0.2, -0.15) is 0 Å². The van der Waals surface area contributed by atoms with Crippen molar-refractivity contribution < 1.29 is 9.59 Å². The fourth-order valence-electron chi connectivity index (χ4n) is 1.35. The smallest absolute Gasteiger partial charge is 0.212 e. The van der Waals surface area contributed by atoms with Crippen LogP contribution in [0.3, 0.4) is 0 Å². The summed E-state index contributed by atoms with van der Waals surface area (Å²) < 4.78 is 0. The lowest BCUT2D eigenvalue weighted by atomic mass is 9.89. The second-order valence-electron chi connectivity index (χ2n) is 3.65. The molecule has 13 heavy (non-hydrogen) atoms. The van der Waals surface area contributed by atoms with Crippen LogP contribution < -0.4 is 11.1 Å². The molecule has 1 unspecified atom stereocenters. The van der Waals surface area contributed by atoms with E-state index >= 15 is 0 Å². The van der Waals surface area contributed by atoms with Crippen molar-refractivity contribution in [2.24, 2.45) is 5.73 Å². The highest BCUT2D eigenvalue weighted by Crippen LogP contribution is 2.15. The Morgan fingerprint density at radius 3 is 2.69 bits per heavy atom. The highest BCUT2D eigenvalue weighted by molar-refractivity contribution is 8.93. The van der Waals surface area contributed by atoms with Crippen LogP contribution in [0.15, 0.2) is 0 Å². The Bertz CT molecular complexity index is 196. The normalized spacial score (nSPS) is 33.2. The zero-order valence-electron chi connectivity index (χ0n) is 7.58. The van der Waals surface area contributed by atoms with E-state index in [0.717, 1.165) is 6.42 Å². The summed E-state index contributed by atoms with van der Waals surface area (Å²) in [5.41, 5.74) is 5.58. The molecule has 0 saturated carbocycles. The molecular weight excluding hydrogens is 236 g/mol. The number of hydrogen-bond acceptors (Lipinski definition) is 4. The molecule has 0 aromatic carbocycles. The van der Waals surface area contributed by atoms with Gasteiger partial charge in [-0.3, -0.25) is 9.59 Å². The third-order valence-corrected chi connectivity index (χ3v) is 2.22. The predicted molar refractivity (Wildman–Crippen MR) is 55.0 cm³/mol. The van der Waals surface area contributed by atoms with Gasteiger partial charge in [-0.15, -0.1) is 17.0 Å². The first-order valence-electron chi connectivity index (χ1n) is 4.06. The first-order valence-corrected chi connectivity index (χ1v) is 4.06. The monoisotopic (exact) mass is 250 g/mol. The Kier molecular flexibility index (Phi) is 4.74. The van der Waals surface area contributed by atoms with E-state index in [1.54, 1.807) is 0 Å². The van der Waals surface area contributed by atoms with Crippen LogP contribution in [0.5, 0.6) is 0 Å². The SMILES string of the molecule is Br.C[C@]1(N)CCC(C(=O)C=O)NC1. The van der Waals surface area contributed by atoms with Crippen molar-refractivity contribution in [3.05, 3.63) is 0 Å². The van der Waals surface area contributed by atoms with Gasteiger partial charge in [0.1, 0.15) is 0 Å².